The zero-order chi connectivity index (χ0) is 12.8. The molecule has 1 rings (SSSR count). The molecule has 0 amide bonds. The summed E-state index contributed by atoms with van der Waals surface area (Å²) in [7, 11) is 4.32. The molecule has 3 nitrogen and oxygen atoms in total. The van der Waals surface area contributed by atoms with Gasteiger partial charge in [0, 0.05) is 26.2 Å². The molecule has 0 radical (unpaired) electrons. The van der Waals surface area contributed by atoms with Crippen LogP contribution in [0, 0.1) is 17.8 Å². The Morgan fingerprint density at radius 1 is 1.18 bits per heavy atom. The molecule has 3 heteroatoms. The van der Waals surface area contributed by atoms with Gasteiger partial charge in [-0.15, -0.1) is 0 Å². The summed E-state index contributed by atoms with van der Waals surface area (Å²) in [4.78, 5) is 4.93. The summed E-state index contributed by atoms with van der Waals surface area (Å²) in [5, 5.41) is 3.51. The van der Waals surface area contributed by atoms with Gasteiger partial charge in [-0.25, -0.2) is 0 Å². The van der Waals surface area contributed by atoms with Crippen LogP contribution in [0.2, 0.25) is 0 Å². The highest BCUT2D eigenvalue weighted by atomic mass is 15.2. The lowest BCUT2D eigenvalue weighted by Gasteiger charge is -2.29. The van der Waals surface area contributed by atoms with Crippen molar-refractivity contribution < 1.29 is 0 Å². The molecule has 0 bridgehead atoms. The van der Waals surface area contributed by atoms with Crippen LogP contribution in [0.4, 0.5) is 0 Å². The van der Waals surface area contributed by atoms with Gasteiger partial charge in [-0.2, -0.15) is 0 Å². The first kappa shape index (κ1) is 14.9. The van der Waals surface area contributed by atoms with E-state index in [1.165, 1.54) is 39.3 Å². The van der Waals surface area contributed by atoms with Crippen molar-refractivity contribution >= 4 is 0 Å². The van der Waals surface area contributed by atoms with E-state index in [1.54, 1.807) is 0 Å². The quantitative estimate of drug-likeness (QED) is 0.726. The van der Waals surface area contributed by atoms with E-state index in [-0.39, 0.29) is 0 Å². The van der Waals surface area contributed by atoms with Crippen molar-refractivity contribution in [3.05, 3.63) is 0 Å². The number of likely N-dealkylation sites (N-methyl/N-ethyl adjacent to an activating group) is 1. The Kier molecular flexibility index (Phi) is 6.45. The lowest BCUT2D eigenvalue weighted by molar-refractivity contribution is 0.182. The van der Waals surface area contributed by atoms with E-state index in [4.69, 9.17) is 0 Å². The Balaban J connectivity index is 2.38. The van der Waals surface area contributed by atoms with Crippen LogP contribution in [-0.2, 0) is 0 Å². The van der Waals surface area contributed by atoms with Crippen molar-refractivity contribution in [3.63, 3.8) is 0 Å². The first-order chi connectivity index (χ1) is 7.99. The molecule has 17 heavy (non-hydrogen) atoms. The van der Waals surface area contributed by atoms with Crippen molar-refractivity contribution in [2.45, 2.75) is 20.8 Å². The summed E-state index contributed by atoms with van der Waals surface area (Å²) < 4.78 is 0. The zero-order valence-electron chi connectivity index (χ0n) is 12.4. The standard InChI is InChI=1S/C14H31N3/c1-12(2)10-17(7-6-16(4)5)11-14-9-15-8-13(14)3/h12-15H,6-11H2,1-5H3. The average molecular weight is 241 g/mol. The van der Waals surface area contributed by atoms with E-state index in [0.717, 1.165) is 17.8 Å². The molecule has 2 unspecified atom stereocenters. The van der Waals surface area contributed by atoms with E-state index in [0.29, 0.717) is 0 Å². The molecule has 1 saturated heterocycles. The van der Waals surface area contributed by atoms with Gasteiger partial charge in [-0.3, -0.25) is 0 Å². The second-order valence-corrected chi connectivity index (χ2v) is 6.35. The highest BCUT2D eigenvalue weighted by Gasteiger charge is 2.25. The number of rotatable bonds is 7. The van der Waals surface area contributed by atoms with Crippen molar-refractivity contribution in [1.82, 2.24) is 15.1 Å². The number of nitrogens with one attached hydrogen (secondary N) is 1. The van der Waals surface area contributed by atoms with Crippen LogP contribution in [0.3, 0.4) is 0 Å². The Morgan fingerprint density at radius 2 is 1.88 bits per heavy atom. The third-order valence-electron chi connectivity index (χ3n) is 3.66. The first-order valence-corrected chi connectivity index (χ1v) is 7.06. The van der Waals surface area contributed by atoms with Gasteiger partial charge in [0.25, 0.3) is 0 Å². The summed E-state index contributed by atoms with van der Waals surface area (Å²) >= 11 is 0. The highest BCUT2D eigenvalue weighted by molar-refractivity contribution is 4.81. The molecule has 1 fully saturated rings. The summed E-state index contributed by atoms with van der Waals surface area (Å²) in [5.74, 6) is 2.45. The number of hydrogen-bond acceptors (Lipinski definition) is 3. The van der Waals surface area contributed by atoms with E-state index < -0.39 is 0 Å². The number of hydrogen-bond donors (Lipinski definition) is 1. The Morgan fingerprint density at radius 3 is 2.35 bits per heavy atom. The van der Waals surface area contributed by atoms with E-state index in [1.807, 2.05) is 0 Å². The second-order valence-electron chi connectivity index (χ2n) is 6.35. The molecule has 0 aromatic heterocycles. The summed E-state index contributed by atoms with van der Waals surface area (Å²) in [5.41, 5.74) is 0. The first-order valence-electron chi connectivity index (χ1n) is 7.06. The van der Waals surface area contributed by atoms with Crippen LogP contribution >= 0.6 is 0 Å². The fourth-order valence-corrected chi connectivity index (χ4v) is 2.56. The third-order valence-corrected chi connectivity index (χ3v) is 3.66. The lowest BCUT2D eigenvalue weighted by Crippen LogP contribution is -2.39. The van der Waals surface area contributed by atoms with Gasteiger partial charge in [0.1, 0.15) is 0 Å². The van der Waals surface area contributed by atoms with Crippen LogP contribution in [-0.4, -0.2) is 63.2 Å². The van der Waals surface area contributed by atoms with Gasteiger partial charge in [-0.1, -0.05) is 20.8 Å². The topological polar surface area (TPSA) is 18.5 Å². The molecular weight excluding hydrogens is 210 g/mol. The van der Waals surface area contributed by atoms with Gasteiger partial charge in [-0.05, 0) is 44.9 Å². The molecule has 1 aliphatic rings. The Labute approximate surface area is 108 Å². The Hall–Kier alpha value is -0.120. The van der Waals surface area contributed by atoms with Gasteiger partial charge in [0.15, 0.2) is 0 Å². The van der Waals surface area contributed by atoms with E-state index in [2.05, 4.69) is 50.0 Å². The molecule has 1 aliphatic heterocycles. The predicted octanol–water partition coefficient (Wildman–Crippen LogP) is 1.36. The predicted molar refractivity (Wildman–Crippen MR) is 75.4 cm³/mol. The Bertz CT molecular complexity index is 204. The highest BCUT2D eigenvalue weighted by Crippen LogP contribution is 2.17. The normalized spacial score (nSPS) is 25.4. The maximum Gasteiger partial charge on any atom is 0.0109 e. The largest absolute Gasteiger partial charge is 0.316 e. The van der Waals surface area contributed by atoms with Gasteiger partial charge < -0.3 is 15.1 Å². The minimum atomic E-state index is 0.766. The fourth-order valence-electron chi connectivity index (χ4n) is 2.56. The molecule has 0 spiro atoms. The van der Waals surface area contributed by atoms with Crippen molar-refractivity contribution in [2.75, 3.05) is 53.4 Å². The summed E-state index contributed by atoms with van der Waals surface area (Å²) in [6.07, 6.45) is 0. The molecule has 0 saturated carbocycles. The van der Waals surface area contributed by atoms with Gasteiger partial charge >= 0.3 is 0 Å². The van der Waals surface area contributed by atoms with Gasteiger partial charge in [0.2, 0.25) is 0 Å². The molecular formula is C14H31N3. The average Bonchev–Trinajstić information content (AvgIpc) is 2.60. The van der Waals surface area contributed by atoms with Crippen molar-refractivity contribution in [1.29, 1.82) is 0 Å². The van der Waals surface area contributed by atoms with Crippen molar-refractivity contribution in [3.8, 4) is 0 Å². The molecule has 1 heterocycles. The molecule has 2 atom stereocenters. The van der Waals surface area contributed by atoms with E-state index in [9.17, 15) is 0 Å². The second kappa shape index (κ2) is 7.34. The minimum Gasteiger partial charge on any atom is -0.316 e. The molecule has 0 aromatic rings. The van der Waals surface area contributed by atoms with E-state index >= 15 is 0 Å². The van der Waals surface area contributed by atoms with Crippen LogP contribution < -0.4 is 5.32 Å². The van der Waals surface area contributed by atoms with Gasteiger partial charge in [0.05, 0.1) is 0 Å². The van der Waals surface area contributed by atoms with Crippen LogP contribution in [0.25, 0.3) is 0 Å². The van der Waals surface area contributed by atoms with Crippen LogP contribution in [0.15, 0.2) is 0 Å². The molecule has 0 aromatic carbocycles. The third kappa shape index (κ3) is 5.84. The molecule has 1 N–H and O–H groups in total. The van der Waals surface area contributed by atoms with Crippen LogP contribution in [0.5, 0.6) is 0 Å². The van der Waals surface area contributed by atoms with Crippen LogP contribution in [0.1, 0.15) is 20.8 Å². The SMILES string of the molecule is CC(C)CN(CCN(C)C)CC1CNCC1C. The monoisotopic (exact) mass is 241 g/mol. The summed E-state index contributed by atoms with van der Waals surface area (Å²) in [6, 6.07) is 0. The molecule has 102 valence electrons. The zero-order valence-corrected chi connectivity index (χ0v) is 12.4. The lowest BCUT2D eigenvalue weighted by atomic mass is 9.97. The minimum absolute atomic E-state index is 0.766. The smallest absolute Gasteiger partial charge is 0.0109 e. The summed E-state index contributed by atoms with van der Waals surface area (Å²) in [6.45, 7) is 14.3. The fraction of sp³-hybridized carbons (Fsp3) is 1.00. The maximum absolute atomic E-state index is 3.51. The maximum atomic E-state index is 3.51. The number of nitrogens with zero attached hydrogens (tertiary/aromatic N) is 2. The molecule has 0 aliphatic carbocycles. The van der Waals surface area contributed by atoms with Crippen molar-refractivity contribution in [2.24, 2.45) is 17.8 Å².